The van der Waals surface area contributed by atoms with Gasteiger partial charge in [0.15, 0.2) is 0 Å². The van der Waals surface area contributed by atoms with E-state index in [9.17, 15) is 26.7 Å². The molecular formula is C11H7F5N2O2. The second-order valence-corrected chi connectivity index (χ2v) is 3.57. The fourth-order valence-electron chi connectivity index (χ4n) is 1.56. The highest BCUT2D eigenvalue weighted by atomic mass is 19.4. The number of nitriles is 1. The highest BCUT2D eigenvalue weighted by molar-refractivity contribution is 5.74. The number of carbonyl (C=O) groups is 1. The molecule has 108 valence electrons. The molecule has 0 N–H and O–H groups in total. The van der Waals surface area contributed by atoms with Gasteiger partial charge in [-0.1, -0.05) is 0 Å². The summed E-state index contributed by atoms with van der Waals surface area (Å²) in [5.41, 5.74) is -4.75. The number of hydrogen-bond donors (Lipinski definition) is 0. The Kier molecular flexibility index (Phi) is 4.60. The molecule has 20 heavy (non-hydrogen) atoms. The highest BCUT2D eigenvalue weighted by Crippen LogP contribution is 2.37. The molecule has 0 bridgehead atoms. The summed E-state index contributed by atoms with van der Waals surface area (Å²) < 4.78 is 68.4. The van der Waals surface area contributed by atoms with Gasteiger partial charge in [-0.05, 0) is 0 Å². The topological polar surface area (TPSA) is 63.0 Å². The van der Waals surface area contributed by atoms with E-state index < -0.39 is 47.4 Å². The zero-order valence-electron chi connectivity index (χ0n) is 9.96. The van der Waals surface area contributed by atoms with Crippen LogP contribution in [-0.4, -0.2) is 18.1 Å². The Morgan fingerprint density at radius 2 is 2.10 bits per heavy atom. The van der Waals surface area contributed by atoms with Crippen LogP contribution in [0.4, 0.5) is 22.0 Å². The fraction of sp³-hybridized carbons (Fsp3) is 0.364. The Labute approximate surface area is 109 Å². The van der Waals surface area contributed by atoms with Crippen molar-refractivity contribution in [3.8, 4) is 6.07 Å². The SMILES string of the molecule is COC(=O)Cc1c(C(F)F)ncc(C#N)c1C(F)(F)F. The Hall–Kier alpha value is -2.24. The third-order valence-corrected chi connectivity index (χ3v) is 2.37. The average Bonchev–Trinajstić information content (AvgIpc) is 2.36. The zero-order valence-corrected chi connectivity index (χ0v) is 9.96. The van der Waals surface area contributed by atoms with Crippen LogP contribution in [0, 0.1) is 11.3 Å². The molecule has 1 heterocycles. The molecule has 0 atom stereocenters. The van der Waals surface area contributed by atoms with Gasteiger partial charge in [-0.15, -0.1) is 0 Å². The van der Waals surface area contributed by atoms with E-state index in [4.69, 9.17) is 5.26 Å². The number of pyridine rings is 1. The zero-order chi connectivity index (χ0) is 15.5. The van der Waals surface area contributed by atoms with Crippen LogP contribution in [0.1, 0.15) is 28.8 Å². The summed E-state index contributed by atoms with van der Waals surface area (Å²) in [6.07, 6.45) is -9.02. The van der Waals surface area contributed by atoms with E-state index in [1.165, 1.54) is 6.07 Å². The van der Waals surface area contributed by atoms with Gasteiger partial charge in [0.2, 0.25) is 0 Å². The molecule has 0 saturated heterocycles. The van der Waals surface area contributed by atoms with Crippen LogP contribution in [-0.2, 0) is 22.1 Å². The largest absolute Gasteiger partial charge is 0.469 e. The summed E-state index contributed by atoms with van der Waals surface area (Å²) in [6, 6.07) is 1.22. The second-order valence-electron chi connectivity index (χ2n) is 3.57. The van der Waals surface area contributed by atoms with E-state index in [-0.39, 0.29) is 0 Å². The van der Waals surface area contributed by atoms with E-state index in [0.29, 0.717) is 6.20 Å². The monoisotopic (exact) mass is 294 g/mol. The van der Waals surface area contributed by atoms with Crippen LogP contribution in [0.25, 0.3) is 0 Å². The molecule has 0 unspecified atom stereocenters. The van der Waals surface area contributed by atoms with Gasteiger partial charge < -0.3 is 4.74 Å². The Balaban J connectivity index is 3.62. The summed E-state index contributed by atoms with van der Waals surface area (Å²) in [4.78, 5) is 14.2. The molecule has 0 aliphatic heterocycles. The number of alkyl halides is 5. The van der Waals surface area contributed by atoms with Crippen molar-refractivity contribution in [2.75, 3.05) is 7.11 Å². The maximum atomic E-state index is 12.9. The number of carbonyl (C=O) groups excluding carboxylic acids is 1. The molecule has 4 nitrogen and oxygen atoms in total. The number of rotatable bonds is 3. The predicted octanol–water partition coefficient (Wildman–Crippen LogP) is 2.63. The van der Waals surface area contributed by atoms with E-state index in [1.54, 1.807) is 0 Å². The minimum Gasteiger partial charge on any atom is -0.469 e. The lowest BCUT2D eigenvalue weighted by Crippen LogP contribution is -2.19. The molecular weight excluding hydrogens is 287 g/mol. The molecule has 0 aromatic carbocycles. The lowest BCUT2D eigenvalue weighted by atomic mass is 9.98. The standard InChI is InChI=1S/C11H7F5N2O2/c1-20-7(19)2-6-8(11(14,15)16)5(3-17)4-18-9(6)10(12)13/h4,10H,2H2,1H3. The van der Waals surface area contributed by atoms with E-state index in [1.807, 2.05) is 0 Å². The third-order valence-electron chi connectivity index (χ3n) is 2.37. The van der Waals surface area contributed by atoms with Gasteiger partial charge in [-0.2, -0.15) is 18.4 Å². The first-order chi connectivity index (χ1) is 9.22. The Morgan fingerprint density at radius 3 is 2.50 bits per heavy atom. The van der Waals surface area contributed by atoms with Crippen molar-refractivity contribution in [3.05, 3.63) is 28.6 Å². The number of aromatic nitrogens is 1. The highest BCUT2D eigenvalue weighted by Gasteiger charge is 2.39. The van der Waals surface area contributed by atoms with Crippen LogP contribution in [0.15, 0.2) is 6.20 Å². The van der Waals surface area contributed by atoms with E-state index in [2.05, 4.69) is 9.72 Å². The molecule has 0 fully saturated rings. The van der Waals surface area contributed by atoms with Gasteiger partial charge in [0.25, 0.3) is 6.43 Å². The van der Waals surface area contributed by atoms with Crippen molar-refractivity contribution in [2.24, 2.45) is 0 Å². The number of methoxy groups -OCH3 is 1. The van der Waals surface area contributed by atoms with Gasteiger partial charge in [0.05, 0.1) is 24.7 Å². The van der Waals surface area contributed by atoms with E-state index in [0.717, 1.165) is 7.11 Å². The van der Waals surface area contributed by atoms with Crippen LogP contribution in [0.5, 0.6) is 0 Å². The predicted molar refractivity (Wildman–Crippen MR) is 54.6 cm³/mol. The first-order valence-corrected chi connectivity index (χ1v) is 5.06. The maximum absolute atomic E-state index is 12.9. The smallest absolute Gasteiger partial charge is 0.418 e. The lowest BCUT2D eigenvalue weighted by Gasteiger charge is -2.16. The first-order valence-electron chi connectivity index (χ1n) is 5.06. The average molecular weight is 294 g/mol. The summed E-state index contributed by atoms with van der Waals surface area (Å²) in [6.45, 7) is 0. The molecule has 9 heteroatoms. The molecule has 1 aromatic heterocycles. The van der Waals surface area contributed by atoms with Crippen molar-refractivity contribution in [3.63, 3.8) is 0 Å². The van der Waals surface area contributed by atoms with Crippen LogP contribution in [0.3, 0.4) is 0 Å². The normalized spacial score (nSPS) is 11.3. The number of esters is 1. The molecule has 1 aromatic rings. The van der Waals surface area contributed by atoms with Gasteiger partial charge in [-0.25, -0.2) is 8.78 Å². The van der Waals surface area contributed by atoms with Crippen molar-refractivity contribution in [2.45, 2.75) is 19.0 Å². The molecule has 0 spiro atoms. The summed E-state index contributed by atoms with van der Waals surface area (Å²) >= 11 is 0. The van der Waals surface area contributed by atoms with Crippen LogP contribution >= 0.6 is 0 Å². The van der Waals surface area contributed by atoms with Crippen molar-refractivity contribution >= 4 is 5.97 Å². The first kappa shape index (κ1) is 15.8. The quantitative estimate of drug-likeness (QED) is 0.635. The van der Waals surface area contributed by atoms with Crippen molar-refractivity contribution in [1.29, 1.82) is 5.26 Å². The lowest BCUT2D eigenvalue weighted by molar-refractivity contribution is -0.141. The van der Waals surface area contributed by atoms with Crippen molar-refractivity contribution < 1.29 is 31.5 Å². The summed E-state index contributed by atoms with van der Waals surface area (Å²) in [5, 5.41) is 8.63. The Morgan fingerprint density at radius 1 is 1.50 bits per heavy atom. The second kappa shape index (κ2) is 5.81. The molecule has 0 aliphatic rings. The molecule has 0 aliphatic carbocycles. The molecule has 0 saturated carbocycles. The number of halogens is 5. The number of nitrogens with zero attached hydrogens (tertiary/aromatic N) is 2. The summed E-state index contributed by atoms with van der Waals surface area (Å²) in [5.74, 6) is -1.14. The van der Waals surface area contributed by atoms with Crippen LogP contribution < -0.4 is 0 Å². The fourth-order valence-corrected chi connectivity index (χ4v) is 1.56. The minimum absolute atomic E-state index is 0.408. The van der Waals surface area contributed by atoms with Crippen molar-refractivity contribution in [1.82, 2.24) is 4.98 Å². The minimum atomic E-state index is -5.07. The third kappa shape index (κ3) is 3.20. The van der Waals surface area contributed by atoms with Gasteiger partial charge in [-0.3, -0.25) is 9.78 Å². The molecule has 0 radical (unpaired) electrons. The molecule has 1 rings (SSSR count). The van der Waals surface area contributed by atoms with Gasteiger partial charge >= 0.3 is 12.1 Å². The Bertz CT molecular complexity index is 563. The van der Waals surface area contributed by atoms with E-state index >= 15 is 0 Å². The van der Waals surface area contributed by atoms with Gasteiger partial charge in [0.1, 0.15) is 11.8 Å². The molecule has 0 amide bonds. The summed E-state index contributed by atoms with van der Waals surface area (Å²) in [7, 11) is 0.902. The maximum Gasteiger partial charge on any atom is 0.418 e. The number of hydrogen-bond acceptors (Lipinski definition) is 4. The number of ether oxygens (including phenoxy) is 1. The van der Waals surface area contributed by atoms with Crippen LogP contribution in [0.2, 0.25) is 0 Å². The van der Waals surface area contributed by atoms with Gasteiger partial charge in [0, 0.05) is 11.8 Å².